The van der Waals surface area contributed by atoms with Gasteiger partial charge in [0.25, 0.3) is 0 Å². The summed E-state index contributed by atoms with van der Waals surface area (Å²) >= 11 is 0. The molecule has 0 amide bonds. The van der Waals surface area contributed by atoms with Gasteiger partial charge in [-0.3, -0.25) is 0 Å². The molecule has 3 heteroatoms. The predicted octanol–water partition coefficient (Wildman–Crippen LogP) is 0.526. The Kier molecular flexibility index (Phi) is 4.58. The maximum absolute atomic E-state index is 9.40. The van der Waals surface area contributed by atoms with Gasteiger partial charge in [0.2, 0.25) is 0 Å². The van der Waals surface area contributed by atoms with Crippen molar-refractivity contribution >= 4 is 0 Å². The van der Waals surface area contributed by atoms with Crippen LogP contribution in [0.1, 0.15) is 26.2 Å². The van der Waals surface area contributed by atoms with E-state index in [0.717, 1.165) is 26.0 Å². The summed E-state index contributed by atoms with van der Waals surface area (Å²) in [6.07, 6.45) is 2.94. The van der Waals surface area contributed by atoms with Gasteiger partial charge in [0.05, 0.1) is 18.8 Å². The molecule has 1 fully saturated rings. The molecule has 1 rings (SSSR count). The fourth-order valence-electron chi connectivity index (χ4n) is 1.38. The first-order chi connectivity index (χ1) is 5.84. The van der Waals surface area contributed by atoms with E-state index in [4.69, 9.17) is 4.74 Å². The summed E-state index contributed by atoms with van der Waals surface area (Å²) in [6.45, 7) is 4.54. The highest BCUT2D eigenvalue weighted by Crippen LogP contribution is 2.06. The predicted molar refractivity (Wildman–Crippen MR) is 48.1 cm³/mol. The van der Waals surface area contributed by atoms with Gasteiger partial charge in [-0.25, -0.2) is 0 Å². The molecule has 0 radical (unpaired) electrons. The second kappa shape index (κ2) is 5.51. The Hall–Kier alpha value is -0.120. The Balaban J connectivity index is 1.98. The van der Waals surface area contributed by atoms with Crippen molar-refractivity contribution in [2.24, 2.45) is 0 Å². The van der Waals surface area contributed by atoms with Crippen LogP contribution in [0.15, 0.2) is 0 Å². The minimum atomic E-state index is -0.202. The van der Waals surface area contributed by atoms with E-state index in [1.54, 1.807) is 0 Å². The first kappa shape index (κ1) is 9.96. The molecular weight excluding hydrogens is 154 g/mol. The van der Waals surface area contributed by atoms with Crippen LogP contribution in [-0.4, -0.2) is 37.0 Å². The Morgan fingerprint density at radius 2 is 2.42 bits per heavy atom. The number of aliphatic hydroxyl groups excluding tert-OH is 1. The minimum absolute atomic E-state index is 0.168. The molecule has 0 aromatic rings. The number of hydrogen-bond acceptors (Lipinski definition) is 3. The highest BCUT2D eigenvalue weighted by atomic mass is 16.5. The van der Waals surface area contributed by atoms with Crippen molar-refractivity contribution < 1.29 is 9.84 Å². The molecule has 0 aromatic heterocycles. The van der Waals surface area contributed by atoms with E-state index < -0.39 is 0 Å². The zero-order valence-electron chi connectivity index (χ0n) is 7.75. The van der Waals surface area contributed by atoms with Crippen LogP contribution in [0.5, 0.6) is 0 Å². The molecule has 1 saturated heterocycles. The van der Waals surface area contributed by atoms with E-state index in [-0.39, 0.29) is 12.1 Å². The molecule has 1 aliphatic heterocycles. The van der Waals surface area contributed by atoms with Crippen molar-refractivity contribution in [1.29, 1.82) is 0 Å². The molecule has 0 bridgehead atoms. The van der Waals surface area contributed by atoms with Crippen molar-refractivity contribution in [3.8, 4) is 0 Å². The molecule has 2 atom stereocenters. The van der Waals surface area contributed by atoms with Crippen molar-refractivity contribution in [3.63, 3.8) is 0 Å². The van der Waals surface area contributed by atoms with E-state index in [1.165, 1.54) is 6.42 Å². The molecule has 0 aliphatic carbocycles. The summed E-state index contributed by atoms with van der Waals surface area (Å²) in [5.74, 6) is 0. The number of aliphatic hydroxyl groups is 1. The zero-order chi connectivity index (χ0) is 8.81. The lowest BCUT2D eigenvalue weighted by Crippen LogP contribution is -2.35. The number of rotatable bonds is 5. The molecule has 2 unspecified atom stereocenters. The average molecular weight is 173 g/mol. The number of unbranched alkanes of at least 4 members (excludes halogenated alkanes) is 1. The summed E-state index contributed by atoms with van der Waals surface area (Å²) in [4.78, 5) is 0. The maximum atomic E-state index is 9.40. The summed E-state index contributed by atoms with van der Waals surface area (Å²) in [6, 6.07) is 0.168. The molecule has 12 heavy (non-hydrogen) atoms. The van der Waals surface area contributed by atoms with E-state index in [1.807, 2.05) is 0 Å². The second-order valence-corrected chi connectivity index (χ2v) is 3.35. The van der Waals surface area contributed by atoms with Crippen molar-refractivity contribution in [1.82, 2.24) is 5.32 Å². The molecule has 3 nitrogen and oxygen atoms in total. The van der Waals surface area contributed by atoms with Crippen LogP contribution >= 0.6 is 0 Å². The molecule has 1 heterocycles. The van der Waals surface area contributed by atoms with Gasteiger partial charge in [0, 0.05) is 6.61 Å². The number of hydrogen-bond donors (Lipinski definition) is 2. The highest BCUT2D eigenvalue weighted by Gasteiger charge is 2.24. The van der Waals surface area contributed by atoms with Crippen molar-refractivity contribution in [3.05, 3.63) is 0 Å². The first-order valence-electron chi connectivity index (χ1n) is 4.83. The van der Waals surface area contributed by atoms with Gasteiger partial charge in [0.1, 0.15) is 0 Å². The number of nitrogens with one attached hydrogen (secondary N) is 1. The van der Waals surface area contributed by atoms with E-state index in [2.05, 4.69) is 12.2 Å². The summed E-state index contributed by atoms with van der Waals surface area (Å²) in [5.41, 5.74) is 0. The lowest BCUT2D eigenvalue weighted by Gasteiger charge is -2.14. The van der Waals surface area contributed by atoms with Gasteiger partial charge < -0.3 is 15.2 Å². The zero-order valence-corrected chi connectivity index (χ0v) is 7.75. The van der Waals surface area contributed by atoms with Crippen LogP contribution in [0, 0.1) is 0 Å². The summed E-state index contributed by atoms with van der Waals surface area (Å²) in [7, 11) is 0. The first-order valence-corrected chi connectivity index (χ1v) is 4.83. The number of ether oxygens (including phenoxy) is 1. The minimum Gasteiger partial charge on any atom is -0.391 e. The van der Waals surface area contributed by atoms with Crippen LogP contribution in [0.4, 0.5) is 0 Å². The summed E-state index contributed by atoms with van der Waals surface area (Å²) < 4.78 is 5.41. The van der Waals surface area contributed by atoms with Gasteiger partial charge >= 0.3 is 0 Å². The molecule has 2 N–H and O–H groups in total. The molecule has 72 valence electrons. The van der Waals surface area contributed by atoms with Gasteiger partial charge in [-0.15, -0.1) is 0 Å². The highest BCUT2D eigenvalue weighted by molar-refractivity contribution is 4.82. The SMILES string of the molecule is CCCCOCC1NCCC1O. The average Bonchev–Trinajstić information content (AvgIpc) is 2.46. The smallest absolute Gasteiger partial charge is 0.0727 e. The fourth-order valence-corrected chi connectivity index (χ4v) is 1.38. The molecule has 0 saturated carbocycles. The van der Waals surface area contributed by atoms with E-state index in [9.17, 15) is 5.11 Å². The second-order valence-electron chi connectivity index (χ2n) is 3.35. The normalized spacial score (nSPS) is 29.5. The molecule has 0 aromatic carbocycles. The lowest BCUT2D eigenvalue weighted by atomic mass is 10.2. The van der Waals surface area contributed by atoms with E-state index >= 15 is 0 Å². The Bertz CT molecular complexity index is 119. The lowest BCUT2D eigenvalue weighted by molar-refractivity contribution is 0.0674. The molecule has 0 spiro atoms. The van der Waals surface area contributed by atoms with Gasteiger partial charge in [-0.2, -0.15) is 0 Å². The van der Waals surface area contributed by atoms with Crippen LogP contribution in [-0.2, 0) is 4.74 Å². The Labute approximate surface area is 74.1 Å². The van der Waals surface area contributed by atoms with Crippen LogP contribution in [0.25, 0.3) is 0 Å². The standard InChI is InChI=1S/C9H19NO2/c1-2-3-6-12-7-8-9(11)4-5-10-8/h8-11H,2-7H2,1H3. The molecule has 1 aliphatic rings. The topological polar surface area (TPSA) is 41.5 Å². The van der Waals surface area contributed by atoms with Gasteiger partial charge in [0.15, 0.2) is 0 Å². The molecular formula is C9H19NO2. The quantitative estimate of drug-likeness (QED) is 0.596. The van der Waals surface area contributed by atoms with Gasteiger partial charge in [-0.05, 0) is 19.4 Å². The Morgan fingerprint density at radius 1 is 1.58 bits per heavy atom. The maximum Gasteiger partial charge on any atom is 0.0727 e. The van der Waals surface area contributed by atoms with Crippen molar-refractivity contribution in [2.75, 3.05) is 19.8 Å². The Morgan fingerprint density at radius 3 is 3.00 bits per heavy atom. The van der Waals surface area contributed by atoms with E-state index in [0.29, 0.717) is 6.61 Å². The van der Waals surface area contributed by atoms with Crippen LogP contribution in [0.3, 0.4) is 0 Å². The summed E-state index contributed by atoms with van der Waals surface area (Å²) in [5, 5.41) is 12.6. The van der Waals surface area contributed by atoms with Crippen LogP contribution < -0.4 is 5.32 Å². The van der Waals surface area contributed by atoms with Gasteiger partial charge in [-0.1, -0.05) is 13.3 Å². The van der Waals surface area contributed by atoms with Crippen molar-refractivity contribution in [2.45, 2.75) is 38.3 Å². The fraction of sp³-hybridized carbons (Fsp3) is 1.00. The third-order valence-electron chi connectivity index (χ3n) is 2.25. The monoisotopic (exact) mass is 173 g/mol. The van der Waals surface area contributed by atoms with Crippen LogP contribution in [0.2, 0.25) is 0 Å². The third-order valence-corrected chi connectivity index (χ3v) is 2.25. The largest absolute Gasteiger partial charge is 0.391 e. The third kappa shape index (κ3) is 3.09.